The van der Waals surface area contributed by atoms with Gasteiger partial charge < -0.3 is 4.74 Å². The van der Waals surface area contributed by atoms with Crippen molar-refractivity contribution < 1.29 is 9.53 Å². The molecule has 0 aromatic heterocycles. The number of carbonyl (C=O) groups excluding carboxylic acids is 1. The van der Waals surface area contributed by atoms with Gasteiger partial charge in [-0.3, -0.25) is 4.79 Å². The van der Waals surface area contributed by atoms with Crippen molar-refractivity contribution in [1.29, 1.82) is 0 Å². The molecule has 1 aromatic rings. The maximum atomic E-state index is 11.7. The largest absolute Gasteiger partial charge is 0.484 e. The molecule has 1 amide bonds. The predicted octanol–water partition coefficient (Wildman–Crippen LogP) is 3.71. The van der Waals surface area contributed by atoms with Gasteiger partial charge in [0.05, 0.1) is 0 Å². The van der Waals surface area contributed by atoms with Crippen molar-refractivity contribution in [1.82, 2.24) is 5.43 Å². The molecule has 21 heavy (non-hydrogen) atoms. The Bertz CT molecular complexity index is 533. The molecule has 0 heterocycles. The van der Waals surface area contributed by atoms with E-state index in [2.05, 4.69) is 17.5 Å². The van der Waals surface area contributed by atoms with E-state index in [-0.39, 0.29) is 12.5 Å². The average molecular weight is 309 g/mol. The number of benzene rings is 1. The van der Waals surface area contributed by atoms with Crippen molar-refractivity contribution in [3.05, 3.63) is 28.8 Å². The van der Waals surface area contributed by atoms with Crippen molar-refractivity contribution in [2.75, 3.05) is 6.61 Å². The minimum Gasteiger partial charge on any atom is -0.484 e. The zero-order valence-corrected chi connectivity index (χ0v) is 13.2. The summed E-state index contributed by atoms with van der Waals surface area (Å²) in [5.74, 6) is 1.15. The van der Waals surface area contributed by atoms with Crippen LogP contribution in [0, 0.1) is 12.8 Å². The Labute approximate surface area is 130 Å². The first-order valence-electron chi connectivity index (χ1n) is 7.28. The van der Waals surface area contributed by atoms with Crippen LogP contribution in [0.5, 0.6) is 5.75 Å². The first kappa shape index (κ1) is 15.8. The highest BCUT2D eigenvalue weighted by atomic mass is 35.5. The molecule has 1 N–H and O–H groups in total. The van der Waals surface area contributed by atoms with Crippen molar-refractivity contribution in [2.45, 2.75) is 39.5 Å². The van der Waals surface area contributed by atoms with Crippen molar-refractivity contribution >= 4 is 23.2 Å². The lowest BCUT2D eigenvalue weighted by atomic mass is 9.90. The summed E-state index contributed by atoms with van der Waals surface area (Å²) < 4.78 is 5.42. The van der Waals surface area contributed by atoms with E-state index < -0.39 is 0 Å². The number of carbonyl (C=O) groups is 1. The Morgan fingerprint density at radius 1 is 1.43 bits per heavy atom. The van der Waals surface area contributed by atoms with Crippen LogP contribution in [0.1, 0.15) is 38.2 Å². The molecule has 0 spiro atoms. The van der Waals surface area contributed by atoms with Crippen molar-refractivity contribution in [3.8, 4) is 5.75 Å². The molecular weight excluding hydrogens is 288 g/mol. The fourth-order valence-electron chi connectivity index (χ4n) is 2.24. The Hall–Kier alpha value is -1.55. The predicted molar refractivity (Wildman–Crippen MR) is 84.9 cm³/mol. The molecule has 0 saturated heterocycles. The van der Waals surface area contributed by atoms with E-state index in [0.29, 0.717) is 10.8 Å². The zero-order valence-electron chi connectivity index (χ0n) is 12.5. The third-order valence-electron chi connectivity index (χ3n) is 3.69. The standard InChI is InChI=1S/C16H21ClN2O2/c1-11-3-5-13(6-4-11)18-19-16(20)10-21-14-7-8-15(17)12(2)9-14/h7-9,11H,3-6,10H2,1-2H3,(H,19,20). The summed E-state index contributed by atoms with van der Waals surface area (Å²) in [7, 11) is 0. The fourth-order valence-corrected chi connectivity index (χ4v) is 2.35. The molecule has 2 rings (SSSR count). The van der Waals surface area contributed by atoms with E-state index in [9.17, 15) is 4.79 Å². The van der Waals surface area contributed by atoms with Gasteiger partial charge in [-0.2, -0.15) is 5.10 Å². The quantitative estimate of drug-likeness (QED) is 0.862. The van der Waals surface area contributed by atoms with E-state index in [1.54, 1.807) is 12.1 Å². The Balaban J connectivity index is 1.77. The van der Waals surface area contributed by atoms with E-state index in [1.807, 2.05) is 13.0 Å². The molecule has 5 heteroatoms. The lowest BCUT2D eigenvalue weighted by Gasteiger charge is -2.18. The van der Waals surface area contributed by atoms with Crippen LogP contribution in [-0.4, -0.2) is 18.2 Å². The second-order valence-electron chi connectivity index (χ2n) is 5.60. The highest BCUT2D eigenvalue weighted by Gasteiger charge is 2.13. The smallest absolute Gasteiger partial charge is 0.277 e. The fraction of sp³-hybridized carbons (Fsp3) is 0.500. The summed E-state index contributed by atoms with van der Waals surface area (Å²) in [6, 6.07) is 5.31. The number of halogens is 1. The molecule has 1 aliphatic carbocycles. The maximum Gasteiger partial charge on any atom is 0.277 e. The number of hydrogen-bond donors (Lipinski definition) is 1. The summed E-state index contributed by atoms with van der Waals surface area (Å²) in [5.41, 5.74) is 4.56. The molecule has 114 valence electrons. The number of ether oxygens (including phenoxy) is 1. The van der Waals surface area contributed by atoms with Gasteiger partial charge >= 0.3 is 0 Å². The van der Waals surface area contributed by atoms with Gasteiger partial charge in [-0.05, 0) is 62.3 Å². The summed E-state index contributed by atoms with van der Waals surface area (Å²) in [5, 5.41) is 4.86. The third kappa shape index (κ3) is 5.05. The monoisotopic (exact) mass is 308 g/mol. The van der Waals surface area contributed by atoms with Crippen LogP contribution in [0.3, 0.4) is 0 Å². The van der Waals surface area contributed by atoms with Gasteiger partial charge in [0.25, 0.3) is 5.91 Å². The Morgan fingerprint density at radius 3 is 2.81 bits per heavy atom. The highest BCUT2D eigenvalue weighted by molar-refractivity contribution is 6.31. The average Bonchev–Trinajstić information content (AvgIpc) is 2.48. The van der Waals surface area contributed by atoms with Gasteiger partial charge in [-0.1, -0.05) is 18.5 Å². The number of aryl methyl sites for hydroxylation is 1. The number of nitrogens with one attached hydrogen (secondary N) is 1. The number of hydrazone groups is 1. The zero-order chi connectivity index (χ0) is 15.2. The first-order chi connectivity index (χ1) is 10.0. The van der Waals surface area contributed by atoms with Crippen LogP contribution in [0.4, 0.5) is 0 Å². The number of nitrogens with zero attached hydrogens (tertiary/aromatic N) is 1. The van der Waals surface area contributed by atoms with E-state index in [0.717, 1.165) is 42.9 Å². The van der Waals surface area contributed by atoms with Gasteiger partial charge in [0.1, 0.15) is 5.75 Å². The molecule has 0 unspecified atom stereocenters. The van der Waals surface area contributed by atoms with Crippen molar-refractivity contribution in [3.63, 3.8) is 0 Å². The summed E-state index contributed by atoms with van der Waals surface area (Å²) >= 11 is 5.94. The first-order valence-corrected chi connectivity index (χ1v) is 7.65. The summed E-state index contributed by atoms with van der Waals surface area (Å²) in [6.07, 6.45) is 4.24. The lowest BCUT2D eigenvalue weighted by molar-refractivity contribution is -0.123. The molecule has 1 saturated carbocycles. The molecule has 0 aliphatic heterocycles. The van der Waals surface area contributed by atoms with Gasteiger partial charge in [-0.25, -0.2) is 5.43 Å². The van der Waals surface area contributed by atoms with E-state index in [4.69, 9.17) is 16.3 Å². The molecular formula is C16H21ClN2O2. The number of rotatable bonds is 4. The van der Waals surface area contributed by atoms with Crippen LogP contribution in [0.15, 0.2) is 23.3 Å². The van der Waals surface area contributed by atoms with Crippen LogP contribution < -0.4 is 10.2 Å². The lowest BCUT2D eigenvalue weighted by Crippen LogP contribution is -2.26. The molecule has 0 atom stereocenters. The topological polar surface area (TPSA) is 50.7 Å². The Morgan fingerprint density at radius 2 is 2.14 bits per heavy atom. The minimum absolute atomic E-state index is 0.0474. The molecule has 0 bridgehead atoms. The van der Waals surface area contributed by atoms with Crippen LogP contribution >= 0.6 is 11.6 Å². The van der Waals surface area contributed by atoms with E-state index in [1.165, 1.54) is 0 Å². The second-order valence-corrected chi connectivity index (χ2v) is 6.00. The highest BCUT2D eigenvalue weighted by Crippen LogP contribution is 2.21. The summed E-state index contributed by atoms with van der Waals surface area (Å²) in [4.78, 5) is 11.7. The number of amides is 1. The maximum absolute atomic E-state index is 11.7. The van der Waals surface area contributed by atoms with E-state index >= 15 is 0 Å². The van der Waals surface area contributed by atoms with Gasteiger partial charge in [0.15, 0.2) is 6.61 Å². The Kier molecular flexibility index (Phi) is 5.62. The van der Waals surface area contributed by atoms with Gasteiger partial charge in [-0.15, -0.1) is 0 Å². The number of hydrogen-bond acceptors (Lipinski definition) is 3. The molecule has 0 radical (unpaired) electrons. The molecule has 1 fully saturated rings. The molecule has 4 nitrogen and oxygen atoms in total. The van der Waals surface area contributed by atoms with Crippen molar-refractivity contribution in [2.24, 2.45) is 11.0 Å². The van der Waals surface area contributed by atoms with Crippen LogP contribution in [0.2, 0.25) is 5.02 Å². The summed E-state index contributed by atoms with van der Waals surface area (Å²) in [6.45, 7) is 4.09. The molecule has 1 aliphatic rings. The SMILES string of the molecule is Cc1cc(OCC(=O)NN=C2CCC(C)CC2)ccc1Cl. The van der Waals surface area contributed by atoms with Crippen LogP contribution in [-0.2, 0) is 4.79 Å². The third-order valence-corrected chi connectivity index (χ3v) is 4.11. The van der Waals surface area contributed by atoms with Crippen LogP contribution in [0.25, 0.3) is 0 Å². The normalized spacial score (nSPS) is 18.2. The second kappa shape index (κ2) is 7.46. The minimum atomic E-state index is -0.242. The van der Waals surface area contributed by atoms with Gasteiger partial charge in [0.2, 0.25) is 0 Å². The van der Waals surface area contributed by atoms with Gasteiger partial charge in [0, 0.05) is 10.7 Å². The molecule has 1 aromatic carbocycles.